The van der Waals surface area contributed by atoms with Crippen LogP contribution in [0.5, 0.6) is 5.75 Å². The minimum atomic E-state index is 0.219. The molecule has 0 aliphatic heterocycles. The minimum absolute atomic E-state index is 0.219. The number of benzene rings is 1. The van der Waals surface area contributed by atoms with Crippen molar-refractivity contribution in [1.82, 2.24) is 5.32 Å². The van der Waals surface area contributed by atoms with E-state index in [9.17, 15) is 0 Å². The van der Waals surface area contributed by atoms with E-state index in [1.807, 2.05) is 30.3 Å². The van der Waals surface area contributed by atoms with Crippen molar-refractivity contribution in [3.05, 3.63) is 30.3 Å². The molecule has 2 unspecified atom stereocenters. The predicted octanol–water partition coefficient (Wildman–Crippen LogP) is 2.08. The van der Waals surface area contributed by atoms with Gasteiger partial charge in [-0.2, -0.15) is 0 Å². The number of nitrogens with one attached hydrogen (secondary N) is 1. The second-order valence-electron chi connectivity index (χ2n) is 3.85. The van der Waals surface area contributed by atoms with Crippen molar-refractivity contribution in [3.8, 4) is 5.75 Å². The second-order valence-corrected chi connectivity index (χ2v) is 3.85. The molecule has 90 valence electrons. The number of para-hydroxylation sites is 1. The Morgan fingerprint density at radius 2 is 1.88 bits per heavy atom. The Bertz CT molecular complexity index is 277. The summed E-state index contributed by atoms with van der Waals surface area (Å²) in [6.45, 7) is 5.65. The van der Waals surface area contributed by atoms with E-state index in [4.69, 9.17) is 9.47 Å². The average molecular weight is 223 g/mol. The molecule has 0 radical (unpaired) electrons. The van der Waals surface area contributed by atoms with E-state index in [2.05, 4.69) is 19.2 Å². The van der Waals surface area contributed by atoms with Crippen LogP contribution in [0, 0.1) is 0 Å². The van der Waals surface area contributed by atoms with Gasteiger partial charge in [0.2, 0.25) is 0 Å². The molecule has 0 amide bonds. The van der Waals surface area contributed by atoms with Crippen LogP contribution in [0.1, 0.15) is 13.8 Å². The van der Waals surface area contributed by atoms with Gasteiger partial charge in [-0.25, -0.2) is 0 Å². The lowest BCUT2D eigenvalue weighted by Gasteiger charge is -2.19. The monoisotopic (exact) mass is 223 g/mol. The fraction of sp³-hybridized carbons (Fsp3) is 0.538. The lowest BCUT2D eigenvalue weighted by Crippen LogP contribution is -2.38. The van der Waals surface area contributed by atoms with Crippen LogP contribution >= 0.6 is 0 Å². The molecule has 1 rings (SSSR count). The first-order chi connectivity index (χ1) is 7.74. The molecule has 3 nitrogen and oxygen atoms in total. The zero-order chi connectivity index (χ0) is 11.8. The van der Waals surface area contributed by atoms with Gasteiger partial charge < -0.3 is 14.8 Å². The van der Waals surface area contributed by atoms with Crippen molar-refractivity contribution < 1.29 is 9.47 Å². The van der Waals surface area contributed by atoms with E-state index in [0.29, 0.717) is 12.6 Å². The van der Waals surface area contributed by atoms with Gasteiger partial charge in [0.05, 0.1) is 6.10 Å². The van der Waals surface area contributed by atoms with Gasteiger partial charge >= 0.3 is 0 Å². The van der Waals surface area contributed by atoms with Gasteiger partial charge in [-0.15, -0.1) is 0 Å². The van der Waals surface area contributed by atoms with Crippen LogP contribution in [0.25, 0.3) is 0 Å². The molecule has 1 N–H and O–H groups in total. The first-order valence-corrected chi connectivity index (χ1v) is 5.68. The molecule has 0 aromatic heterocycles. The molecule has 0 fully saturated rings. The van der Waals surface area contributed by atoms with E-state index in [1.54, 1.807) is 7.11 Å². The standard InChI is InChI=1S/C13H21NO2/c1-11(12(2)15-3)14-9-10-16-13-7-5-4-6-8-13/h4-8,11-12,14H,9-10H2,1-3H3. The minimum Gasteiger partial charge on any atom is -0.492 e. The van der Waals surface area contributed by atoms with Crippen molar-refractivity contribution in [1.29, 1.82) is 0 Å². The maximum Gasteiger partial charge on any atom is 0.119 e. The highest BCUT2D eigenvalue weighted by Gasteiger charge is 2.09. The SMILES string of the molecule is COC(C)C(C)NCCOc1ccccc1. The van der Waals surface area contributed by atoms with E-state index in [1.165, 1.54) is 0 Å². The highest BCUT2D eigenvalue weighted by atomic mass is 16.5. The van der Waals surface area contributed by atoms with Gasteiger partial charge in [-0.3, -0.25) is 0 Å². The number of ether oxygens (including phenoxy) is 2. The smallest absolute Gasteiger partial charge is 0.119 e. The summed E-state index contributed by atoms with van der Waals surface area (Å²) in [7, 11) is 1.73. The van der Waals surface area contributed by atoms with E-state index in [-0.39, 0.29) is 6.10 Å². The molecule has 2 atom stereocenters. The van der Waals surface area contributed by atoms with Crippen LogP contribution in [-0.2, 0) is 4.74 Å². The third-order valence-corrected chi connectivity index (χ3v) is 2.66. The maximum atomic E-state index is 5.57. The Kier molecular flexibility index (Phi) is 5.90. The van der Waals surface area contributed by atoms with Crippen LogP contribution in [0.3, 0.4) is 0 Å². The van der Waals surface area contributed by atoms with Crippen LogP contribution in [0.4, 0.5) is 0 Å². The Labute approximate surface area is 97.8 Å². The summed E-state index contributed by atoms with van der Waals surface area (Å²) >= 11 is 0. The largest absolute Gasteiger partial charge is 0.492 e. The lowest BCUT2D eigenvalue weighted by atomic mass is 10.2. The molecule has 0 aliphatic rings. The second kappa shape index (κ2) is 7.25. The van der Waals surface area contributed by atoms with Crippen molar-refractivity contribution in [2.45, 2.75) is 26.0 Å². The third kappa shape index (κ3) is 4.64. The molecule has 0 spiro atoms. The normalized spacial score (nSPS) is 14.4. The summed E-state index contributed by atoms with van der Waals surface area (Å²) in [5.41, 5.74) is 0. The fourth-order valence-electron chi connectivity index (χ4n) is 1.34. The van der Waals surface area contributed by atoms with Gasteiger partial charge in [0.1, 0.15) is 12.4 Å². The molecule has 3 heteroatoms. The Morgan fingerprint density at radius 1 is 1.19 bits per heavy atom. The molecule has 0 bridgehead atoms. The van der Waals surface area contributed by atoms with E-state index < -0.39 is 0 Å². The molecular weight excluding hydrogens is 202 g/mol. The maximum absolute atomic E-state index is 5.57. The lowest BCUT2D eigenvalue weighted by molar-refractivity contribution is 0.0873. The molecule has 1 aromatic carbocycles. The van der Waals surface area contributed by atoms with Crippen LogP contribution in [0.15, 0.2) is 30.3 Å². The Hall–Kier alpha value is -1.06. The van der Waals surface area contributed by atoms with E-state index >= 15 is 0 Å². The molecule has 1 aromatic rings. The predicted molar refractivity (Wildman–Crippen MR) is 65.9 cm³/mol. The molecule has 0 aliphatic carbocycles. The first kappa shape index (κ1) is 13.0. The summed E-state index contributed by atoms with van der Waals surface area (Å²) in [4.78, 5) is 0. The summed E-state index contributed by atoms with van der Waals surface area (Å²) in [6, 6.07) is 10.2. The molecule has 0 heterocycles. The summed E-state index contributed by atoms with van der Waals surface area (Å²) < 4.78 is 10.8. The quantitative estimate of drug-likeness (QED) is 0.718. The van der Waals surface area contributed by atoms with Gasteiger partial charge in [0.25, 0.3) is 0 Å². The number of hydrogen-bond donors (Lipinski definition) is 1. The van der Waals surface area contributed by atoms with Crippen LogP contribution < -0.4 is 10.1 Å². The van der Waals surface area contributed by atoms with Crippen molar-refractivity contribution in [3.63, 3.8) is 0 Å². The molecule has 16 heavy (non-hydrogen) atoms. The number of hydrogen-bond acceptors (Lipinski definition) is 3. The highest BCUT2D eigenvalue weighted by molar-refractivity contribution is 5.20. The van der Waals surface area contributed by atoms with Gasteiger partial charge in [-0.05, 0) is 26.0 Å². The van der Waals surface area contributed by atoms with Crippen LogP contribution in [-0.4, -0.2) is 32.4 Å². The van der Waals surface area contributed by atoms with E-state index in [0.717, 1.165) is 12.3 Å². The Morgan fingerprint density at radius 3 is 2.50 bits per heavy atom. The molecule has 0 saturated heterocycles. The zero-order valence-electron chi connectivity index (χ0n) is 10.3. The molecular formula is C13H21NO2. The third-order valence-electron chi connectivity index (χ3n) is 2.66. The average Bonchev–Trinajstić information content (AvgIpc) is 2.34. The Balaban J connectivity index is 2.13. The first-order valence-electron chi connectivity index (χ1n) is 5.68. The highest BCUT2D eigenvalue weighted by Crippen LogP contribution is 2.07. The summed E-state index contributed by atoms with van der Waals surface area (Å²) in [6.07, 6.45) is 0.219. The van der Waals surface area contributed by atoms with Gasteiger partial charge in [0, 0.05) is 19.7 Å². The topological polar surface area (TPSA) is 30.5 Å². The number of rotatable bonds is 7. The van der Waals surface area contributed by atoms with Crippen molar-refractivity contribution in [2.75, 3.05) is 20.3 Å². The summed E-state index contributed by atoms with van der Waals surface area (Å²) in [5.74, 6) is 0.914. The van der Waals surface area contributed by atoms with Gasteiger partial charge in [-0.1, -0.05) is 18.2 Å². The van der Waals surface area contributed by atoms with Gasteiger partial charge in [0.15, 0.2) is 0 Å². The number of methoxy groups -OCH3 is 1. The van der Waals surface area contributed by atoms with Crippen molar-refractivity contribution in [2.24, 2.45) is 0 Å². The van der Waals surface area contributed by atoms with Crippen molar-refractivity contribution >= 4 is 0 Å². The summed E-state index contributed by atoms with van der Waals surface area (Å²) in [5, 5.41) is 3.35. The molecule has 0 saturated carbocycles. The van der Waals surface area contributed by atoms with Crippen LogP contribution in [0.2, 0.25) is 0 Å². The fourth-order valence-corrected chi connectivity index (χ4v) is 1.34. The zero-order valence-corrected chi connectivity index (χ0v) is 10.3.